The van der Waals surface area contributed by atoms with Gasteiger partial charge in [-0.05, 0) is 68.1 Å². The quantitative estimate of drug-likeness (QED) is 0.799. The van der Waals surface area contributed by atoms with Gasteiger partial charge in [-0.2, -0.15) is 0 Å². The lowest BCUT2D eigenvalue weighted by molar-refractivity contribution is 0.0687. The molecule has 0 bridgehead atoms. The molecule has 2 nitrogen and oxygen atoms in total. The molecule has 0 N–H and O–H groups in total. The fourth-order valence-electron chi connectivity index (χ4n) is 4.68. The van der Waals surface area contributed by atoms with Gasteiger partial charge in [-0.3, -0.25) is 4.90 Å². The van der Waals surface area contributed by atoms with Crippen LogP contribution in [-0.2, 0) is 16.7 Å². The van der Waals surface area contributed by atoms with Gasteiger partial charge in [0.25, 0.3) is 0 Å². The van der Waals surface area contributed by atoms with E-state index in [1.54, 1.807) is 12.1 Å². The zero-order valence-electron chi connectivity index (χ0n) is 15.1. The van der Waals surface area contributed by atoms with Crippen LogP contribution >= 0.6 is 0 Å². The number of fused-ring (bicyclic) bond motifs is 2. The SMILES string of the molecule is CO[C@H]1CC2(CCN(Cc3ccc(F)cc3)CC2)c2ccc(C)cc21. The molecule has 1 fully saturated rings. The molecule has 0 amide bonds. The molecule has 1 heterocycles. The molecule has 132 valence electrons. The number of methoxy groups -OCH3 is 1. The maximum absolute atomic E-state index is 13.1. The zero-order chi connectivity index (χ0) is 17.4. The van der Waals surface area contributed by atoms with Crippen LogP contribution in [-0.4, -0.2) is 25.1 Å². The molecule has 3 heteroatoms. The van der Waals surface area contributed by atoms with E-state index in [-0.39, 0.29) is 17.3 Å². The van der Waals surface area contributed by atoms with E-state index in [0.717, 1.165) is 26.1 Å². The first-order chi connectivity index (χ1) is 12.1. The van der Waals surface area contributed by atoms with Crippen molar-refractivity contribution in [2.75, 3.05) is 20.2 Å². The summed E-state index contributed by atoms with van der Waals surface area (Å²) < 4.78 is 18.9. The van der Waals surface area contributed by atoms with Crippen LogP contribution in [0.4, 0.5) is 4.39 Å². The van der Waals surface area contributed by atoms with Crippen molar-refractivity contribution in [2.45, 2.75) is 44.2 Å². The van der Waals surface area contributed by atoms with Gasteiger partial charge < -0.3 is 4.74 Å². The lowest BCUT2D eigenvalue weighted by atomic mass is 9.73. The Balaban J connectivity index is 1.49. The molecule has 1 spiro atoms. The van der Waals surface area contributed by atoms with E-state index in [0.29, 0.717) is 0 Å². The van der Waals surface area contributed by atoms with Crippen molar-refractivity contribution in [3.8, 4) is 0 Å². The molecular formula is C22H26FNO. The summed E-state index contributed by atoms with van der Waals surface area (Å²) in [6.07, 6.45) is 3.68. The minimum absolute atomic E-state index is 0.162. The number of nitrogens with zero attached hydrogens (tertiary/aromatic N) is 1. The van der Waals surface area contributed by atoms with Crippen LogP contribution in [0.15, 0.2) is 42.5 Å². The van der Waals surface area contributed by atoms with Crippen molar-refractivity contribution >= 4 is 0 Å². The summed E-state index contributed by atoms with van der Waals surface area (Å²) in [4.78, 5) is 2.49. The molecule has 0 saturated carbocycles. The maximum atomic E-state index is 13.1. The second-order valence-corrected chi connectivity index (χ2v) is 7.70. The number of aryl methyl sites for hydroxylation is 1. The molecule has 25 heavy (non-hydrogen) atoms. The normalized spacial score (nSPS) is 22.3. The minimum atomic E-state index is -0.162. The first kappa shape index (κ1) is 16.7. The van der Waals surface area contributed by atoms with Crippen molar-refractivity contribution in [3.05, 3.63) is 70.5 Å². The van der Waals surface area contributed by atoms with Crippen LogP contribution in [0.3, 0.4) is 0 Å². The highest BCUT2D eigenvalue weighted by atomic mass is 19.1. The topological polar surface area (TPSA) is 12.5 Å². The first-order valence-electron chi connectivity index (χ1n) is 9.20. The van der Waals surface area contributed by atoms with Crippen molar-refractivity contribution in [1.29, 1.82) is 0 Å². The van der Waals surface area contributed by atoms with E-state index in [1.165, 1.54) is 35.1 Å². The van der Waals surface area contributed by atoms with Crippen molar-refractivity contribution in [3.63, 3.8) is 0 Å². The lowest BCUT2D eigenvalue weighted by Gasteiger charge is -2.40. The summed E-state index contributed by atoms with van der Waals surface area (Å²) in [6.45, 7) is 5.23. The Bertz CT molecular complexity index is 747. The van der Waals surface area contributed by atoms with Crippen LogP contribution in [0.1, 0.15) is 47.6 Å². The third-order valence-corrected chi connectivity index (χ3v) is 6.12. The van der Waals surface area contributed by atoms with Crippen LogP contribution in [0, 0.1) is 12.7 Å². The van der Waals surface area contributed by atoms with Crippen LogP contribution < -0.4 is 0 Å². The Labute approximate surface area is 149 Å². The highest BCUT2D eigenvalue weighted by molar-refractivity contribution is 5.44. The van der Waals surface area contributed by atoms with Crippen LogP contribution in [0.5, 0.6) is 0 Å². The average Bonchev–Trinajstić information content (AvgIpc) is 2.92. The highest BCUT2D eigenvalue weighted by Gasteiger charge is 2.45. The van der Waals surface area contributed by atoms with E-state index < -0.39 is 0 Å². The van der Waals surface area contributed by atoms with E-state index in [9.17, 15) is 4.39 Å². The summed E-state index contributed by atoms with van der Waals surface area (Å²) in [5.41, 5.74) is 5.67. The Morgan fingerprint density at radius 3 is 2.52 bits per heavy atom. The van der Waals surface area contributed by atoms with E-state index >= 15 is 0 Å². The molecule has 2 aliphatic rings. The van der Waals surface area contributed by atoms with Gasteiger partial charge in [0.05, 0.1) is 6.10 Å². The van der Waals surface area contributed by atoms with Gasteiger partial charge in [-0.25, -0.2) is 4.39 Å². The van der Waals surface area contributed by atoms with Gasteiger partial charge in [0.2, 0.25) is 0 Å². The Morgan fingerprint density at radius 1 is 1.12 bits per heavy atom. The molecule has 1 atom stereocenters. The molecule has 2 aromatic carbocycles. The predicted octanol–water partition coefficient (Wildman–Crippen LogP) is 4.76. The third kappa shape index (κ3) is 3.11. The Kier molecular flexibility index (Phi) is 4.38. The molecular weight excluding hydrogens is 313 g/mol. The van der Waals surface area contributed by atoms with Crippen LogP contribution in [0.25, 0.3) is 0 Å². The first-order valence-corrected chi connectivity index (χ1v) is 9.20. The number of hydrogen-bond acceptors (Lipinski definition) is 2. The van der Waals surface area contributed by atoms with E-state index in [4.69, 9.17) is 4.74 Å². The standard InChI is InChI=1S/C22H26FNO/c1-16-3-8-20-19(13-16)21(25-2)14-22(20)9-11-24(12-10-22)15-17-4-6-18(23)7-5-17/h3-8,13,21H,9-12,14-15H2,1-2H3/t21-/m0/s1. The summed E-state index contributed by atoms with van der Waals surface area (Å²) in [5.74, 6) is -0.162. The van der Waals surface area contributed by atoms with Crippen molar-refractivity contribution < 1.29 is 9.13 Å². The molecule has 1 aliphatic carbocycles. The summed E-state index contributed by atoms with van der Waals surface area (Å²) in [6, 6.07) is 13.8. The molecule has 4 rings (SSSR count). The fourth-order valence-corrected chi connectivity index (χ4v) is 4.68. The Morgan fingerprint density at radius 2 is 1.84 bits per heavy atom. The van der Waals surface area contributed by atoms with Gasteiger partial charge in [-0.15, -0.1) is 0 Å². The second kappa shape index (κ2) is 6.54. The number of piperidine rings is 1. The van der Waals surface area contributed by atoms with Gasteiger partial charge in [0, 0.05) is 19.1 Å². The smallest absolute Gasteiger partial charge is 0.123 e. The number of halogens is 1. The lowest BCUT2D eigenvalue weighted by Crippen LogP contribution is -2.41. The molecule has 1 saturated heterocycles. The number of likely N-dealkylation sites (tertiary alicyclic amines) is 1. The second-order valence-electron chi connectivity index (χ2n) is 7.70. The van der Waals surface area contributed by atoms with Gasteiger partial charge in [0.15, 0.2) is 0 Å². The monoisotopic (exact) mass is 339 g/mol. The highest BCUT2D eigenvalue weighted by Crippen LogP contribution is 2.52. The van der Waals surface area contributed by atoms with Gasteiger partial charge >= 0.3 is 0 Å². The largest absolute Gasteiger partial charge is 0.377 e. The number of hydrogen-bond donors (Lipinski definition) is 0. The molecule has 2 aromatic rings. The fraction of sp³-hybridized carbons (Fsp3) is 0.455. The summed E-state index contributed by atoms with van der Waals surface area (Å²) in [5, 5.41) is 0. The number of rotatable bonds is 3. The zero-order valence-corrected chi connectivity index (χ0v) is 15.1. The van der Waals surface area contributed by atoms with Gasteiger partial charge in [-0.1, -0.05) is 35.9 Å². The maximum Gasteiger partial charge on any atom is 0.123 e. The van der Waals surface area contributed by atoms with Crippen LogP contribution in [0.2, 0.25) is 0 Å². The van der Waals surface area contributed by atoms with Gasteiger partial charge in [0.1, 0.15) is 5.82 Å². The van der Waals surface area contributed by atoms with E-state index in [1.807, 2.05) is 19.2 Å². The molecule has 0 radical (unpaired) electrons. The van der Waals surface area contributed by atoms with Crippen molar-refractivity contribution in [2.24, 2.45) is 0 Å². The third-order valence-electron chi connectivity index (χ3n) is 6.12. The van der Waals surface area contributed by atoms with E-state index in [2.05, 4.69) is 30.0 Å². The summed E-state index contributed by atoms with van der Waals surface area (Å²) in [7, 11) is 1.83. The number of benzene rings is 2. The van der Waals surface area contributed by atoms with Crippen molar-refractivity contribution in [1.82, 2.24) is 4.90 Å². The molecule has 1 aliphatic heterocycles. The molecule has 0 aromatic heterocycles. The minimum Gasteiger partial charge on any atom is -0.377 e. The Hall–Kier alpha value is -1.71. The average molecular weight is 339 g/mol. The number of ether oxygens (including phenoxy) is 1. The predicted molar refractivity (Wildman–Crippen MR) is 98.1 cm³/mol. The summed E-state index contributed by atoms with van der Waals surface area (Å²) >= 11 is 0. The molecule has 0 unspecified atom stereocenters.